The van der Waals surface area contributed by atoms with Gasteiger partial charge in [-0.1, -0.05) is 18.5 Å². The lowest BCUT2D eigenvalue weighted by atomic mass is 9.98. The van der Waals surface area contributed by atoms with Crippen LogP contribution in [-0.4, -0.2) is 6.04 Å². The summed E-state index contributed by atoms with van der Waals surface area (Å²) in [6.07, 6.45) is -4.32. The minimum Gasteiger partial charge on any atom is -0.327 e. The molecular weight excluding hydrogens is 258 g/mol. The van der Waals surface area contributed by atoms with E-state index in [1.54, 1.807) is 6.92 Å². The lowest BCUT2D eigenvalue weighted by Gasteiger charge is -2.17. The number of nitrogens with two attached hydrogens (primary N) is 1. The molecule has 6 heteroatoms. The van der Waals surface area contributed by atoms with E-state index in [1.165, 1.54) is 0 Å². The van der Waals surface area contributed by atoms with E-state index >= 15 is 0 Å². The summed E-state index contributed by atoms with van der Waals surface area (Å²) in [5.41, 5.74) is 4.09. The molecule has 0 aromatic heterocycles. The van der Waals surface area contributed by atoms with Gasteiger partial charge in [0.2, 0.25) is 0 Å². The molecule has 0 saturated carbocycles. The van der Waals surface area contributed by atoms with E-state index in [0.29, 0.717) is 6.42 Å². The monoisotopic (exact) mass is 269 g/mol. The Morgan fingerprint density at radius 2 is 1.94 bits per heavy atom. The van der Waals surface area contributed by atoms with E-state index in [4.69, 9.17) is 17.3 Å². The van der Waals surface area contributed by atoms with Crippen molar-refractivity contribution in [3.63, 3.8) is 0 Å². The van der Waals surface area contributed by atoms with Crippen LogP contribution in [0.2, 0.25) is 5.02 Å². The molecule has 0 fully saturated rings. The molecule has 1 unspecified atom stereocenters. The fraction of sp³-hybridized carbons (Fsp3) is 0.455. The number of hydrogen-bond donors (Lipinski definition) is 1. The molecule has 1 atom stereocenters. The number of benzene rings is 1. The molecule has 1 aromatic rings. The Labute approximate surface area is 102 Å². The van der Waals surface area contributed by atoms with E-state index in [2.05, 4.69) is 0 Å². The number of halogens is 5. The lowest BCUT2D eigenvalue weighted by molar-refractivity contribution is -0.138. The van der Waals surface area contributed by atoms with Crippen molar-refractivity contribution in [2.45, 2.75) is 32.0 Å². The maximum absolute atomic E-state index is 13.6. The zero-order valence-electron chi connectivity index (χ0n) is 9.11. The Hall–Kier alpha value is -0.810. The Balaban J connectivity index is 3.27. The van der Waals surface area contributed by atoms with Crippen molar-refractivity contribution in [2.24, 2.45) is 5.73 Å². The van der Waals surface area contributed by atoms with Crippen molar-refractivity contribution in [1.29, 1.82) is 0 Å². The van der Waals surface area contributed by atoms with Crippen LogP contribution in [0.4, 0.5) is 17.6 Å². The SMILES string of the molecule is CCC(N)Cc1c(C(F)(F)F)ccc(Cl)c1F. The van der Waals surface area contributed by atoms with Crippen molar-refractivity contribution < 1.29 is 17.6 Å². The van der Waals surface area contributed by atoms with Crippen LogP contribution in [0.5, 0.6) is 0 Å². The second-order valence-electron chi connectivity index (χ2n) is 3.76. The summed E-state index contributed by atoms with van der Waals surface area (Å²) in [4.78, 5) is 0. The van der Waals surface area contributed by atoms with E-state index in [9.17, 15) is 17.6 Å². The zero-order valence-corrected chi connectivity index (χ0v) is 9.87. The molecule has 0 aliphatic rings. The summed E-state index contributed by atoms with van der Waals surface area (Å²) >= 11 is 5.48. The van der Waals surface area contributed by atoms with Crippen LogP contribution in [0.3, 0.4) is 0 Å². The zero-order chi connectivity index (χ0) is 13.2. The highest BCUT2D eigenvalue weighted by atomic mass is 35.5. The molecule has 0 aliphatic heterocycles. The van der Waals surface area contributed by atoms with Crippen molar-refractivity contribution >= 4 is 11.6 Å². The normalized spacial score (nSPS) is 13.8. The van der Waals surface area contributed by atoms with Crippen LogP contribution in [-0.2, 0) is 12.6 Å². The van der Waals surface area contributed by atoms with Gasteiger partial charge in [-0.05, 0) is 25.0 Å². The molecule has 0 bridgehead atoms. The Morgan fingerprint density at radius 3 is 2.41 bits per heavy atom. The molecule has 2 N–H and O–H groups in total. The molecule has 0 amide bonds. The Kier molecular flexibility index (Phi) is 4.38. The largest absolute Gasteiger partial charge is 0.416 e. The van der Waals surface area contributed by atoms with Gasteiger partial charge in [-0.15, -0.1) is 0 Å². The van der Waals surface area contributed by atoms with Crippen LogP contribution in [0.25, 0.3) is 0 Å². The first-order valence-electron chi connectivity index (χ1n) is 5.07. The quantitative estimate of drug-likeness (QED) is 0.831. The average molecular weight is 270 g/mol. The molecule has 1 rings (SSSR count). The molecule has 1 aromatic carbocycles. The lowest BCUT2D eigenvalue weighted by Crippen LogP contribution is -2.24. The van der Waals surface area contributed by atoms with Crippen molar-refractivity contribution in [3.8, 4) is 0 Å². The highest BCUT2D eigenvalue weighted by Gasteiger charge is 2.35. The van der Waals surface area contributed by atoms with Crippen molar-refractivity contribution in [2.75, 3.05) is 0 Å². The molecule has 17 heavy (non-hydrogen) atoms. The number of alkyl halides is 3. The van der Waals surface area contributed by atoms with Crippen LogP contribution >= 0.6 is 11.6 Å². The fourth-order valence-electron chi connectivity index (χ4n) is 1.46. The molecular formula is C11H12ClF4N. The first kappa shape index (κ1) is 14.3. The second kappa shape index (κ2) is 5.23. The molecule has 0 saturated heterocycles. The Bertz CT molecular complexity index is 403. The maximum atomic E-state index is 13.6. The van der Waals surface area contributed by atoms with Gasteiger partial charge in [0.15, 0.2) is 0 Å². The first-order valence-corrected chi connectivity index (χ1v) is 5.44. The van der Waals surface area contributed by atoms with E-state index in [0.717, 1.165) is 12.1 Å². The molecule has 1 nitrogen and oxygen atoms in total. The third-order valence-corrected chi connectivity index (χ3v) is 2.78. The summed E-state index contributed by atoms with van der Waals surface area (Å²) in [5, 5.41) is -0.323. The topological polar surface area (TPSA) is 26.0 Å². The maximum Gasteiger partial charge on any atom is 0.416 e. The van der Waals surface area contributed by atoms with Crippen molar-refractivity contribution in [1.82, 2.24) is 0 Å². The van der Waals surface area contributed by atoms with E-state index < -0.39 is 29.2 Å². The highest BCUT2D eigenvalue weighted by Crippen LogP contribution is 2.35. The summed E-state index contributed by atoms with van der Waals surface area (Å²) < 4.78 is 51.6. The van der Waals surface area contributed by atoms with Gasteiger partial charge in [0.25, 0.3) is 0 Å². The van der Waals surface area contributed by atoms with Crippen LogP contribution in [0, 0.1) is 5.82 Å². The molecule has 0 heterocycles. The van der Waals surface area contributed by atoms with Crippen LogP contribution in [0.15, 0.2) is 12.1 Å². The van der Waals surface area contributed by atoms with Crippen LogP contribution < -0.4 is 5.73 Å². The van der Waals surface area contributed by atoms with Crippen molar-refractivity contribution in [3.05, 3.63) is 34.1 Å². The van der Waals surface area contributed by atoms with Gasteiger partial charge in [0, 0.05) is 11.6 Å². The van der Waals surface area contributed by atoms with Gasteiger partial charge in [-0.25, -0.2) is 4.39 Å². The predicted octanol–water partition coefficient (Wildman–Crippen LogP) is 3.78. The summed E-state index contributed by atoms with van der Waals surface area (Å²) in [6.45, 7) is 1.72. The number of rotatable bonds is 3. The van der Waals surface area contributed by atoms with Gasteiger partial charge in [-0.3, -0.25) is 0 Å². The standard InChI is InChI=1S/C11H12ClF4N/c1-2-6(17)5-7-8(11(14,15)16)3-4-9(12)10(7)13/h3-4,6H,2,5,17H2,1H3. The van der Waals surface area contributed by atoms with Gasteiger partial charge >= 0.3 is 6.18 Å². The predicted molar refractivity (Wildman–Crippen MR) is 58.4 cm³/mol. The van der Waals surface area contributed by atoms with Gasteiger partial charge in [-0.2, -0.15) is 13.2 Å². The highest BCUT2D eigenvalue weighted by molar-refractivity contribution is 6.30. The summed E-state index contributed by atoms with van der Waals surface area (Å²) in [6, 6.07) is 1.16. The molecule has 0 spiro atoms. The third kappa shape index (κ3) is 3.33. The smallest absolute Gasteiger partial charge is 0.327 e. The minimum absolute atomic E-state index is 0.183. The first-order chi connectivity index (χ1) is 7.77. The average Bonchev–Trinajstić information content (AvgIpc) is 2.22. The minimum atomic E-state index is -4.60. The van der Waals surface area contributed by atoms with Crippen LogP contribution in [0.1, 0.15) is 24.5 Å². The number of hydrogen-bond acceptors (Lipinski definition) is 1. The van der Waals surface area contributed by atoms with E-state index in [-0.39, 0.29) is 11.4 Å². The molecule has 96 valence electrons. The fourth-order valence-corrected chi connectivity index (χ4v) is 1.64. The summed E-state index contributed by atoms with van der Waals surface area (Å²) in [7, 11) is 0. The second-order valence-corrected chi connectivity index (χ2v) is 4.16. The summed E-state index contributed by atoms with van der Waals surface area (Å²) in [5.74, 6) is -1.04. The van der Waals surface area contributed by atoms with Gasteiger partial charge < -0.3 is 5.73 Å². The van der Waals surface area contributed by atoms with Gasteiger partial charge in [0.1, 0.15) is 5.82 Å². The van der Waals surface area contributed by atoms with Gasteiger partial charge in [0.05, 0.1) is 10.6 Å². The Morgan fingerprint density at radius 1 is 1.35 bits per heavy atom. The molecule has 0 radical (unpaired) electrons. The molecule has 0 aliphatic carbocycles. The van der Waals surface area contributed by atoms with E-state index in [1.807, 2.05) is 0 Å². The third-order valence-electron chi connectivity index (χ3n) is 2.49.